The molecule has 0 aliphatic carbocycles. The Kier molecular flexibility index (Phi) is 8.35. The lowest BCUT2D eigenvalue weighted by Crippen LogP contribution is -2.19. The third kappa shape index (κ3) is 7.47. The van der Waals surface area contributed by atoms with Crippen molar-refractivity contribution in [1.29, 1.82) is 0 Å². The number of carbonyl (C=O) groups excluding carboxylic acids is 2. The maximum Gasteiger partial charge on any atom is 0.335 e. The minimum Gasteiger partial charge on any atom is -0.478 e. The first-order valence-electron chi connectivity index (χ1n) is 7.82. The summed E-state index contributed by atoms with van der Waals surface area (Å²) >= 11 is 0. The summed E-state index contributed by atoms with van der Waals surface area (Å²) in [4.78, 5) is 44.9. The Morgan fingerprint density at radius 3 is 2.46 bits per heavy atom. The number of hydrogen-bond donors (Lipinski definition) is 4. The Morgan fingerprint density at radius 1 is 1.12 bits per heavy atom. The van der Waals surface area contributed by atoms with Crippen molar-refractivity contribution in [1.82, 2.24) is 0 Å². The molecule has 9 nitrogen and oxygen atoms in total. The second-order valence-electron chi connectivity index (χ2n) is 5.15. The number of carboxylic acid groups (broad SMARTS) is 2. The molecule has 9 heteroatoms. The number of esters is 1. The number of hydrogen-bond acceptors (Lipinski definition) is 6. The molecule has 0 aromatic heterocycles. The molecule has 0 heterocycles. The second-order valence-corrected chi connectivity index (χ2v) is 5.15. The van der Waals surface area contributed by atoms with Gasteiger partial charge >= 0.3 is 17.9 Å². The average Bonchev–Trinajstić information content (AvgIpc) is 2.59. The molecule has 1 amide bonds. The topological polar surface area (TPSA) is 142 Å². The molecule has 0 radical (unpaired) electrons. The molecule has 0 saturated carbocycles. The minimum absolute atomic E-state index is 0.0501. The SMILES string of the molecule is CCCCOC(=O)CNc1cc(C(=O)O)ccc1NC(=O)/C=C/C(=O)O. The quantitative estimate of drug-likeness (QED) is 0.279. The lowest BCUT2D eigenvalue weighted by molar-refractivity contribution is -0.141. The van der Waals surface area contributed by atoms with Gasteiger partial charge in [0.15, 0.2) is 0 Å². The smallest absolute Gasteiger partial charge is 0.335 e. The predicted octanol–water partition coefficient (Wildman–Crippen LogP) is 1.72. The Labute approximate surface area is 149 Å². The van der Waals surface area contributed by atoms with Crippen LogP contribution in [0.1, 0.15) is 30.1 Å². The number of aromatic carboxylic acids is 1. The van der Waals surface area contributed by atoms with Crippen molar-refractivity contribution in [2.45, 2.75) is 19.8 Å². The van der Waals surface area contributed by atoms with Crippen LogP contribution in [-0.2, 0) is 19.1 Å². The summed E-state index contributed by atoms with van der Waals surface area (Å²) in [5.41, 5.74) is 0.330. The molecule has 1 aromatic carbocycles. The number of amides is 1. The summed E-state index contributed by atoms with van der Waals surface area (Å²) in [6.07, 6.45) is 3.09. The third-order valence-electron chi connectivity index (χ3n) is 3.09. The molecule has 0 fully saturated rings. The summed E-state index contributed by atoms with van der Waals surface area (Å²) in [6, 6.07) is 3.85. The molecular formula is C17H20N2O7. The van der Waals surface area contributed by atoms with Crippen molar-refractivity contribution in [3.63, 3.8) is 0 Å². The lowest BCUT2D eigenvalue weighted by atomic mass is 10.1. The van der Waals surface area contributed by atoms with E-state index in [1.807, 2.05) is 6.92 Å². The van der Waals surface area contributed by atoms with Gasteiger partial charge in [-0.1, -0.05) is 13.3 Å². The van der Waals surface area contributed by atoms with Gasteiger partial charge in [0.2, 0.25) is 5.91 Å². The third-order valence-corrected chi connectivity index (χ3v) is 3.09. The van der Waals surface area contributed by atoms with E-state index in [-0.39, 0.29) is 30.1 Å². The van der Waals surface area contributed by atoms with E-state index >= 15 is 0 Å². The van der Waals surface area contributed by atoms with Crippen LogP contribution in [0.3, 0.4) is 0 Å². The molecule has 0 bridgehead atoms. The van der Waals surface area contributed by atoms with E-state index in [2.05, 4.69) is 10.6 Å². The second kappa shape index (κ2) is 10.5. The zero-order chi connectivity index (χ0) is 19.5. The summed E-state index contributed by atoms with van der Waals surface area (Å²) in [5, 5.41) is 22.7. The number of benzene rings is 1. The van der Waals surface area contributed by atoms with E-state index in [0.29, 0.717) is 6.08 Å². The molecule has 140 valence electrons. The fraction of sp³-hybridized carbons (Fsp3) is 0.294. The van der Waals surface area contributed by atoms with Crippen LogP contribution in [0.25, 0.3) is 0 Å². The Hall–Kier alpha value is -3.36. The molecule has 4 N–H and O–H groups in total. The number of carbonyl (C=O) groups is 4. The number of ether oxygens (including phenoxy) is 1. The molecule has 0 unspecified atom stereocenters. The van der Waals surface area contributed by atoms with Crippen LogP contribution in [0.15, 0.2) is 30.4 Å². The van der Waals surface area contributed by atoms with E-state index in [1.54, 1.807) is 0 Å². The van der Waals surface area contributed by atoms with Crippen LogP contribution >= 0.6 is 0 Å². The van der Waals surface area contributed by atoms with Crippen LogP contribution in [0.2, 0.25) is 0 Å². The van der Waals surface area contributed by atoms with Gasteiger partial charge < -0.3 is 25.6 Å². The maximum absolute atomic E-state index is 11.7. The standard InChI is InChI=1S/C17H20N2O7/c1-2-3-8-26-16(23)10-18-13-9-11(17(24)25)4-5-12(13)19-14(20)6-7-15(21)22/h4-7,9,18H,2-3,8,10H2,1H3,(H,19,20)(H,21,22)(H,24,25)/b7-6+. The first-order chi connectivity index (χ1) is 12.3. The Bertz CT molecular complexity index is 713. The highest BCUT2D eigenvalue weighted by Gasteiger charge is 2.12. The van der Waals surface area contributed by atoms with Gasteiger partial charge in [-0.05, 0) is 24.6 Å². The summed E-state index contributed by atoms with van der Waals surface area (Å²) in [5.74, 6) is -3.71. The van der Waals surface area contributed by atoms with E-state index in [9.17, 15) is 19.2 Å². The summed E-state index contributed by atoms with van der Waals surface area (Å²) in [6.45, 7) is 2.02. The van der Waals surface area contributed by atoms with E-state index in [4.69, 9.17) is 14.9 Å². The molecule has 0 aliphatic rings. The van der Waals surface area contributed by atoms with E-state index < -0.39 is 23.8 Å². The molecule has 0 atom stereocenters. The molecule has 0 spiro atoms. The van der Waals surface area contributed by atoms with Crippen molar-refractivity contribution in [3.05, 3.63) is 35.9 Å². The van der Waals surface area contributed by atoms with Crippen LogP contribution < -0.4 is 10.6 Å². The van der Waals surface area contributed by atoms with Crippen molar-refractivity contribution in [3.8, 4) is 0 Å². The first kappa shape index (κ1) is 20.7. The van der Waals surface area contributed by atoms with Crippen molar-refractivity contribution >= 4 is 35.2 Å². The van der Waals surface area contributed by atoms with Crippen LogP contribution in [-0.4, -0.2) is 47.2 Å². The highest BCUT2D eigenvalue weighted by molar-refractivity contribution is 6.04. The van der Waals surface area contributed by atoms with Gasteiger partial charge in [0.25, 0.3) is 0 Å². The maximum atomic E-state index is 11.7. The fourth-order valence-electron chi connectivity index (χ4n) is 1.80. The van der Waals surface area contributed by atoms with Gasteiger partial charge in [-0.3, -0.25) is 9.59 Å². The number of rotatable bonds is 10. The van der Waals surface area contributed by atoms with Crippen LogP contribution in [0, 0.1) is 0 Å². The number of aliphatic carboxylic acids is 1. The highest BCUT2D eigenvalue weighted by Crippen LogP contribution is 2.23. The molecule has 1 aromatic rings. The predicted molar refractivity (Wildman–Crippen MR) is 93.2 cm³/mol. The Balaban J connectivity index is 2.86. The van der Waals surface area contributed by atoms with E-state index in [0.717, 1.165) is 18.9 Å². The highest BCUT2D eigenvalue weighted by atomic mass is 16.5. The minimum atomic E-state index is -1.28. The zero-order valence-electron chi connectivity index (χ0n) is 14.2. The van der Waals surface area contributed by atoms with Crippen molar-refractivity contribution in [2.75, 3.05) is 23.8 Å². The largest absolute Gasteiger partial charge is 0.478 e. The van der Waals surface area contributed by atoms with Crippen molar-refractivity contribution in [2.24, 2.45) is 0 Å². The number of carboxylic acids is 2. The summed E-state index contributed by atoms with van der Waals surface area (Å²) < 4.78 is 4.99. The molecule has 26 heavy (non-hydrogen) atoms. The number of anilines is 2. The van der Waals surface area contributed by atoms with Crippen LogP contribution in [0.5, 0.6) is 0 Å². The fourth-order valence-corrected chi connectivity index (χ4v) is 1.80. The zero-order valence-corrected chi connectivity index (χ0v) is 14.2. The molecular weight excluding hydrogens is 344 g/mol. The monoisotopic (exact) mass is 364 g/mol. The lowest BCUT2D eigenvalue weighted by Gasteiger charge is -2.13. The van der Waals surface area contributed by atoms with E-state index in [1.165, 1.54) is 18.2 Å². The van der Waals surface area contributed by atoms with Gasteiger partial charge in [0, 0.05) is 12.2 Å². The molecule has 0 saturated heterocycles. The normalized spacial score (nSPS) is 10.3. The molecule has 1 rings (SSSR count). The van der Waals surface area contributed by atoms with Gasteiger partial charge in [-0.25, -0.2) is 9.59 Å². The van der Waals surface area contributed by atoms with Gasteiger partial charge in [0.05, 0.1) is 23.5 Å². The van der Waals surface area contributed by atoms with Gasteiger partial charge in [0.1, 0.15) is 6.54 Å². The summed E-state index contributed by atoms with van der Waals surface area (Å²) in [7, 11) is 0. The van der Waals surface area contributed by atoms with Crippen molar-refractivity contribution < 1.29 is 34.1 Å². The number of unbranched alkanes of at least 4 members (excludes halogenated alkanes) is 1. The first-order valence-corrected chi connectivity index (χ1v) is 7.82. The van der Waals surface area contributed by atoms with Gasteiger partial charge in [-0.15, -0.1) is 0 Å². The number of nitrogens with one attached hydrogen (secondary N) is 2. The van der Waals surface area contributed by atoms with Crippen LogP contribution in [0.4, 0.5) is 11.4 Å². The average molecular weight is 364 g/mol. The molecule has 0 aliphatic heterocycles. The van der Waals surface area contributed by atoms with Gasteiger partial charge in [-0.2, -0.15) is 0 Å². The Morgan fingerprint density at radius 2 is 1.85 bits per heavy atom.